The van der Waals surface area contributed by atoms with Crippen molar-refractivity contribution in [3.63, 3.8) is 0 Å². The van der Waals surface area contributed by atoms with Gasteiger partial charge in [0.15, 0.2) is 0 Å². The number of thiocarbonyl (C=S) groups is 1. The molecular weight excluding hydrogens is 250 g/mol. The zero-order valence-electron chi connectivity index (χ0n) is 8.66. The third kappa shape index (κ3) is 2.49. The van der Waals surface area contributed by atoms with Crippen molar-refractivity contribution in [2.45, 2.75) is 24.0 Å². The molecule has 0 aliphatic rings. The summed E-state index contributed by atoms with van der Waals surface area (Å²) in [6.07, 6.45) is -2.87. The summed E-state index contributed by atoms with van der Waals surface area (Å²) in [5.74, 6) is 0. The van der Waals surface area contributed by atoms with Crippen LogP contribution >= 0.6 is 12.2 Å². The summed E-state index contributed by atoms with van der Waals surface area (Å²) in [6.45, 7) is -0.803. The predicted molar refractivity (Wildman–Crippen MR) is 59.0 cm³/mol. The van der Waals surface area contributed by atoms with Crippen LogP contribution in [0.25, 0.3) is 0 Å². The summed E-state index contributed by atoms with van der Waals surface area (Å²) < 4.78 is 0.754. The van der Waals surface area contributed by atoms with E-state index in [0.717, 1.165) is 10.0 Å². The highest BCUT2D eigenvalue weighted by molar-refractivity contribution is 7.79. The van der Waals surface area contributed by atoms with Gasteiger partial charge in [-0.2, -0.15) is 0 Å². The predicted octanol–water partition coefficient (Wildman–Crippen LogP) is -3.00. The molecule has 0 amide bonds. The molecule has 1 rings (SSSR count). The van der Waals surface area contributed by atoms with Crippen LogP contribution in [0, 0.1) is 0 Å². The Kier molecular flexibility index (Phi) is 4.62. The zero-order valence-corrected chi connectivity index (χ0v) is 9.47. The van der Waals surface area contributed by atoms with Gasteiger partial charge in [-0.05, 0) is 0 Å². The first-order valence-electron chi connectivity index (χ1n) is 4.68. The van der Waals surface area contributed by atoms with E-state index in [4.69, 9.17) is 5.11 Å². The second-order valence-corrected chi connectivity index (χ2v) is 3.68. The molecule has 1 aromatic heterocycles. The van der Waals surface area contributed by atoms with Gasteiger partial charge in [-0.1, -0.05) is 17.4 Å². The molecule has 8 nitrogen and oxygen atoms in total. The highest BCUT2D eigenvalue weighted by Gasteiger charge is 2.47. The summed E-state index contributed by atoms with van der Waals surface area (Å²) >= 11 is 4.49. The van der Waals surface area contributed by atoms with E-state index in [1.807, 2.05) is 0 Å². The number of aliphatic hydroxyl groups excluding tert-OH is 4. The minimum absolute atomic E-state index is 0.754. The Balaban J connectivity index is 3.15. The van der Waals surface area contributed by atoms with E-state index in [-0.39, 0.29) is 0 Å². The minimum atomic E-state index is -2.40. The lowest BCUT2D eigenvalue weighted by atomic mass is 9.96. The van der Waals surface area contributed by atoms with E-state index in [0.29, 0.717) is 0 Å². The van der Waals surface area contributed by atoms with Crippen molar-refractivity contribution in [1.29, 1.82) is 0 Å². The molecule has 0 spiro atoms. The van der Waals surface area contributed by atoms with Crippen LogP contribution in [0.4, 0.5) is 0 Å². The minimum Gasteiger partial charge on any atom is -0.394 e. The van der Waals surface area contributed by atoms with Crippen LogP contribution in [0.3, 0.4) is 0 Å². The Morgan fingerprint density at radius 1 is 1.41 bits per heavy atom. The number of aliphatic hydroxyl groups is 5. The first kappa shape index (κ1) is 14.1. The van der Waals surface area contributed by atoms with E-state index < -0.39 is 30.6 Å². The van der Waals surface area contributed by atoms with Crippen molar-refractivity contribution >= 4 is 17.6 Å². The van der Waals surface area contributed by atoms with Gasteiger partial charge in [0.2, 0.25) is 5.72 Å². The van der Waals surface area contributed by atoms with Crippen LogP contribution in [0.5, 0.6) is 0 Å². The van der Waals surface area contributed by atoms with Crippen LogP contribution in [-0.4, -0.2) is 70.8 Å². The molecule has 1 aromatic rings. The number of hydrogen-bond donors (Lipinski definition) is 5. The van der Waals surface area contributed by atoms with Gasteiger partial charge in [-0.25, -0.2) is 4.68 Å². The normalized spacial score (nSPS) is 20.3. The maximum Gasteiger partial charge on any atom is 0.218 e. The maximum atomic E-state index is 10.2. The van der Waals surface area contributed by atoms with Crippen LogP contribution in [0.1, 0.15) is 0 Å². The molecule has 4 atom stereocenters. The van der Waals surface area contributed by atoms with Crippen molar-refractivity contribution in [3.05, 3.63) is 12.4 Å². The second kappa shape index (κ2) is 5.58. The molecular formula is C8H13N3O5S. The maximum absolute atomic E-state index is 10.2. The lowest BCUT2D eigenvalue weighted by molar-refractivity contribution is -0.217. The monoisotopic (exact) mass is 263 g/mol. The van der Waals surface area contributed by atoms with E-state index in [1.54, 1.807) is 0 Å². The Hall–Kier alpha value is -0.970. The molecule has 17 heavy (non-hydrogen) atoms. The average Bonchev–Trinajstić information content (AvgIpc) is 2.88. The SMILES string of the molecule is OC[C@@H](O)[C@H](O)[C@](O)([C@@H](O)C=S)n1ccnn1. The molecule has 0 bridgehead atoms. The van der Waals surface area contributed by atoms with E-state index >= 15 is 0 Å². The molecule has 0 aliphatic carbocycles. The largest absolute Gasteiger partial charge is 0.394 e. The van der Waals surface area contributed by atoms with Crippen LogP contribution < -0.4 is 0 Å². The van der Waals surface area contributed by atoms with Crippen molar-refractivity contribution < 1.29 is 25.5 Å². The Morgan fingerprint density at radius 2 is 2.06 bits per heavy atom. The number of hydrogen-bond acceptors (Lipinski definition) is 8. The fourth-order valence-corrected chi connectivity index (χ4v) is 1.53. The molecule has 5 N–H and O–H groups in total. The summed E-state index contributed by atoms with van der Waals surface area (Å²) in [4.78, 5) is 0. The fraction of sp³-hybridized carbons (Fsp3) is 0.625. The second-order valence-electron chi connectivity index (χ2n) is 3.41. The zero-order chi connectivity index (χ0) is 13.1. The van der Waals surface area contributed by atoms with Crippen molar-refractivity contribution in [1.82, 2.24) is 15.0 Å². The van der Waals surface area contributed by atoms with Gasteiger partial charge in [0.1, 0.15) is 18.3 Å². The number of rotatable bonds is 6. The van der Waals surface area contributed by atoms with Crippen LogP contribution in [-0.2, 0) is 5.72 Å². The van der Waals surface area contributed by atoms with Gasteiger partial charge in [0.25, 0.3) is 0 Å². The van der Waals surface area contributed by atoms with Crippen LogP contribution in [0.2, 0.25) is 0 Å². The molecule has 0 saturated heterocycles. The third-order valence-corrected chi connectivity index (χ3v) is 2.60. The van der Waals surface area contributed by atoms with E-state index in [9.17, 15) is 20.4 Å². The Labute approximate surface area is 102 Å². The smallest absolute Gasteiger partial charge is 0.218 e. The van der Waals surface area contributed by atoms with E-state index in [2.05, 4.69) is 22.5 Å². The molecule has 0 saturated carbocycles. The molecule has 0 aromatic carbocycles. The summed E-state index contributed by atoms with van der Waals surface area (Å²) in [6, 6.07) is 0. The van der Waals surface area contributed by atoms with Gasteiger partial charge in [0, 0.05) is 11.6 Å². The molecule has 0 aliphatic heterocycles. The Morgan fingerprint density at radius 3 is 2.47 bits per heavy atom. The van der Waals surface area contributed by atoms with Gasteiger partial charge < -0.3 is 25.5 Å². The highest BCUT2D eigenvalue weighted by Crippen LogP contribution is 2.23. The van der Waals surface area contributed by atoms with Gasteiger partial charge >= 0.3 is 0 Å². The Bertz CT molecular complexity index is 362. The van der Waals surface area contributed by atoms with Crippen LogP contribution in [0.15, 0.2) is 12.4 Å². The van der Waals surface area contributed by atoms with Crippen molar-refractivity contribution in [3.8, 4) is 0 Å². The van der Waals surface area contributed by atoms with Gasteiger partial charge in [-0.3, -0.25) is 0 Å². The summed E-state index contributed by atoms with van der Waals surface area (Å²) in [5, 5.41) is 55.3. The summed E-state index contributed by atoms with van der Waals surface area (Å²) in [5.41, 5.74) is -2.40. The lowest BCUT2D eigenvalue weighted by Crippen LogP contribution is -2.59. The summed E-state index contributed by atoms with van der Waals surface area (Å²) in [7, 11) is 0. The first-order chi connectivity index (χ1) is 7.98. The van der Waals surface area contributed by atoms with E-state index in [1.165, 1.54) is 12.4 Å². The quantitative estimate of drug-likeness (QED) is 0.343. The number of aromatic nitrogens is 3. The lowest BCUT2D eigenvalue weighted by Gasteiger charge is -2.36. The molecule has 0 radical (unpaired) electrons. The molecule has 0 unspecified atom stereocenters. The average molecular weight is 263 g/mol. The van der Waals surface area contributed by atoms with Gasteiger partial charge in [-0.15, -0.1) is 5.10 Å². The topological polar surface area (TPSA) is 132 Å². The fourth-order valence-electron chi connectivity index (χ4n) is 1.33. The number of nitrogens with zero attached hydrogens (tertiary/aromatic N) is 3. The van der Waals surface area contributed by atoms with Crippen molar-refractivity contribution in [2.24, 2.45) is 0 Å². The molecule has 1 heterocycles. The third-order valence-electron chi connectivity index (χ3n) is 2.34. The molecule has 0 fully saturated rings. The molecule has 9 heteroatoms. The molecule has 96 valence electrons. The highest BCUT2D eigenvalue weighted by atomic mass is 32.1. The standard InChI is InChI=1S/C8H13N3O5S/c12-3-5(13)7(15)8(16,6(14)4-17)11-2-1-9-10-11/h1-2,4-7,12-16H,3H2/t5-,6+,7+,8-/m1/s1. The van der Waals surface area contributed by atoms with Gasteiger partial charge in [0.05, 0.1) is 12.8 Å². The first-order valence-corrected chi connectivity index (χ1v) is 5.15. The van der Waals surface area contributed by atoms with Crippen molar-refractivity contribution in [2.75, 3.05) is 6.61 Å².